The van der Waals surface area contributed by atoms with Crippen molar-refractivity contribution in [2.24, 2.45) is 5.92 Å². The molecule has 2 nitrogen and oxygen atoms in total. The van der Waals surface area contributed by atoms with E-state index in [-0.39, 0.29) is 6.04 Å². The van der Waals surface area contributed by atoms with E-state index in [1.54, 1.807) is 0 Å². The summed E-state index contributed by atoms with van der Waals surface area (Å²) in [6.07, 6.45) is 2.86. The summed E-state index contributed by atoms with van der Waals surface area (Å²) in [6, 6.07) is 6.22. The zero-order valence-corrected chi connectivity index (χ0v) is 10.7. The molecule has 1 aromatic heterocycles. The molecule has 0 radical (unpaired) electrons. The molecule has 1 heterocycles. The van der Waals surface area contributed by atoms with Crippen LogP contribution in [0.5, 0.6) is 0 Å². The molecule has 0 fully saturated rings. The smallest absolute Gasteiger partial charge is 0.0573 e. The molecule has 1 aromatic rings. The van der Waals surface area contributed by atoms with Gasteiger partial charge in [0, 0.05) is 17.8 Å². The van der Waals surface area contributed by atoms with Gasteiger partial charge >= 0.3 is 0 Å². The SMILES string of the molecule is C=C(Cl)CNC(CC(C)C)c1ccccn1. The lowest BCUT2D eigenvalue weighted by molar-refractivity contribution is 0.436. The molecule has 0 aliphatic rings. The average molecular weight is 239 g/mol. The van der Waals surface area contributed by atoms with Crippen LogP contribution in [-0.4, -0.2) is 11.5 Å². The standard InChI is InChI=1S/C13H19ClN2/c1-10(2)8-13(16-9-11(3)14)12-6-4-5-7-15-12/h4-7,10,13,16H,3,8-9H2,1-2H3. The second-order valence-electron chi connectivity index (χ2n) is 4.33. The van der Waals surface area contributed by atoms with Crippen LogP contribution in [0.3, 0.4) is 0 Å². The van der Waals surface area contributed by atoms with Crippen LogP contribution >= 0.6 is 11.6 Å². The molecule has 16 heavy (non-hydrogen) atoms. The second-order valence-corrected chi connectivity index (χ2v) is 4.87. The summed E-state index contributed by atoms with van der Waals surface area (Å²) in [5, 5.41) is 4.00. The van der Waals surface area contributed by atoms with Crippen molar-refractivity contribution in [3.63, 3.8) is 0 Å². The third-order valence-electron chi connectivity index (χ3n) is 2.29. The quantitative estimate of drug-likeness (QED) is 0.821. The predicted molar refractivity (Wildman–Crippen MR) is 69.4 cm³/mol. The Morgan fingerprint density at radius 2 is 2.25 bits per heavy atom. The van der Waals surface area contributed by atoms with Crippen molar-refractivity contribution >= 4 is 11.6 Å². The zero-order chi connectivity index (χ0) is 12.0. The lowest BCUT2D eigenvalue weighted by atomic mass is 10.0. The van der Waals surface area contributed by atoms with Crippen LogP contribution in [0.2, 0.25) is 0 Å². The number of hydrogen-bond acceptors (Lipinski definition) is 2. The average Bonchev–Trinajstić information content (AvgIpc) is 2.25. The summed E-state index contributed by atoms with van der Waals surface area (Å²) in [5.41, 5.74) is 1.06. The van der Waals surface area contributed by atoms with E-state index < -0.39 is 0 Å². The summed E-state index contributed by atoms with van der Waals surface area (Å²) in [4.78, 5) is 4.37. The summed E-state index contributed by atoms with van der Waals surface area (Å²) < 4.78 is 0. The van der Waals surface area contributed by atoms with Gasteiger partial charge in [-0.3, -0.25) is 4.98 Å². The topological polar surface area (TPSA) is 24.9 Å². The number of nitrogens with zero attached hydrogens (tertiary/aromatic N) is 1. The summed E-state index contributed by atoms with van der Waals surface area (Å²) in [6.45, 7) is 8.71. The van der Waals surface area contributed by atoms with Gasteiger partial charge in [0.15, 0.2) is 0 Å². The van der Waals surface area contributed by atoms with Crippen molar-refractivity contribution < 1.29 is 0 Å². The van der Waals surface area contributed by atoms with Crippen LogP contribution in [0, 0.1) is 5.92 Å². The lowest BCUT2D eigenvalue weighted by Gasteiger charge is -2.19. The van der Waals surface area contributed by atoms with Gasteiger partial charge in [0.2, 0.25) is 0 Å². The fourth-order valence-electron chi connectivity index (χ4n) is 1.60. The largest absolute Gasteiger partial charge is 0.304 e. The Balaban J connectivity index is 2.67. The Morgan fingerprint density at radius 1 is 1.50 bits per heavy atom. The highest BCUT2D eigenvalue weighted by atomic mass is 35.5. The molecule has 0 saturated carbocycles. The Hall–Kier alpha value is -0.860. The van der Waals surface area contributed by atoms with Crippen LogP contribution in [-0.2, 0) is 0 Å². The summed E-state index contributed by atoms with van der Waals surface area (Å²) in [7, 11) is 0. The van der Waals surface area contributed by atoms with Crippen LogP contribution < -0.4 is 5.32 Å². The van der Waals surface area contributed by atoms with Crippen molar-refractivity contribution in [2.75, 3.05) is 6.54 Å². The van der Waals surface area contributed by atoms with Crippen LogP contribution in [0.4, 0.5) is 0 Å². The molecule has 0 amide bonds. The van der Waals surface area contributed by atoms with Crippen molar-refractivity contribution in [1.29, 1.82) is 0 Å². The monoisotopic (exact) mass is 238 g/mol. The number of halogens is 1. The molecule has 0 aliphatic carbocycles. The number of pyridine rings is 1. The van der Waals surface area contributed by atoms with E-state index in [1.807, 2.05) is 24.4 Å². The molecule has 1 atom stereocenters. The first kappa shape index (κ1) is 13.2. The van der Waals surface area contributed by atoms with E-state index in [0.717, 1.165) is 12.1 Å². The maximum absolute atomic E-state index is 5.77. The Kier molecular flexibility index (Phi) is 5.50. The van der Waals surface area contributed by atoms with Gasteiger partial charge in [-0.1, -0.05) is 38.1 Å². The number of aromatic nitrogens is 1. The van der Waals surface area contributed by atoms with E-state index in [2.05, 4.69) is 30.7 Å². The van der Waals surface area contributed by atoms with Crippen LogP contribution in [0.25, 0.3) is 0 Å². The molecule has 1 rings (SSSR count). The highest BCUT2D eigenvalue weighted by molar-refractivity contribution is 6.29. The van der Waals surface area contributed by atoms with Crippen molar-refractivity contribution in [2.45, 2.75) is 26.3 Å². The van der Waals surface area contributed by atoms with Gasteiger partial charge < -0.3 is 5.32 Å². The van der Waals surface area contributed by atoms with Gasteiger partial charge in [0.1, 0.15) is 0 Å². The van der Waals surface area contributed by atoms with E-state index in [1.165, 1.54) is 0 Å². The highest BCUT2D eigenvalue weighted by Gasteiger charge is 2.13. The fourth-order valence-corrected chi connectivity index (χ4v) is 1.67. The molecule has 0 aromatic carbocycles. The number of nitrogens with one attached hydrogen (secondary N) is 1. The molecule has 1 unspecified atom stereocenters. The maximum atomic E-state index is 5.77. The summed E-state index contributed by atoms with van der Waals surface area (Å²) >= 11 is 5.77. The second kappa shape index (κ2) is 6.66. The Labute approximate surface area is 103 Å². The van der Waals surface area contributed by atoms with Gasteiger partial charge in [-0.25, -0.2) is 0 Å². The fraction of sp³-hybridized carbons (Fsp3) is 0.462. The minimum absolute atomic E-state index is 0.247. The third-order valence-corrected chi connectivity index (χ3v) is 2.43. The highest BCUT2D eigenvalue weighted by Crippen LogP contribution is 2.19. The Bertz CT molecular complexity index is 322. The zero-order valence-electron chi connectivity index (χ0n) is 9.91. The first-order chi connectivity index (χ1) is 7.59. The Morgan fingerprint density at radius 3 is 2.75 bits per heavy atom. The maximum Gasteiger partial charge on any atom is 0.0573 e. The van der Waals surface area contributed by atoms with E-state index in [9.17, 15) is 0 Å². The lowest BCUT2D eigenvalue weighted by Crippen LogP contribution is -2.24. The van der Waals surface area contributed by atoms with Gasteiger partial charge in [0.05, 0.1) is 11.7 Å². The van der Waals surface area contributed by atoms with Crippen LogP contribution in [0.15, 0.2) is 36.0 Å². The van der Waals surface area contributed by atoms with E-state index in [4.69, 9.17) is 11.6 Å². The van der Waals surface area contributed by atoms with Crippen molar-refractivity contribution in [3.8, 4) is 0 Å². The molecule has 0 aliphatic heterocycles. The van der Waals surface area contributed by atoms with Gasteiger partial charge in [-0.2, -0.15) is 0 Å². The molecule has 1 N–H and O–H groups in total. The van der Waals surface area contributed by atoms with Gasteiger partial charge in [-0.15, -0.1) is 0 Å². The molecule has 3 heteroatoms. The molecule has 0 spiro atoms. The molecule has 0 saturated heterocycles. The van der Waals surface area contributed by atoms with E-state index in [0.29, 0.717) is 17.5 Å². The number of rotatable bonds is 6. The molecule has 88 valence electrons. The molecular weight excluding hydrogens is 220 g/mol. The minimum Gasteiger partial charge on any atom is -0.304 e. The predicted octanol–water partition coefficient (Wildman–Crippen LogP) is 3.51. The van der Waals surface area contributed by atoms with Crippen molar-refractivity contribution in [3.05, 3.63) is 41.7 Å². The molecule has 0 bridgehead atoms. The first-order valence-corrected chi connectivity index (χ1v) is 5.95. The number of hydrogen-bond donors (Lipinski definition) is 1. The van der Waals surface area contributed by atoms with E-state index >= 15 is 0 Å². The first-order valence-electron chi connectivity index (χ1n) is 5.57. The minimum atomic E-state index is 0.247. The molecular formula is C13H19ClN2. The van der Waals surface area contributed by atoms with Gasteiger partial charge in [0.25, 0.3) is 0 Å². The van der Waals surface area contributed by atoms with Crippen LogP contribution in [0.1, 0.15) is 32.0 Å². The normalized spacial score (nSPS) is 12.8. The summed E-state index contributed by atoms with van der Waals surface area (Å²) in [5.74, 6) is 0.614. The van der Waals surface area contributed by atoms with Gasteiger partial charge in [-0.05, 0) is 24.5 Å². The van der Waals surface area contributed by atoms with Crippen molar-refractivity contribution in [1.82, 2.24) is 10.3 Å². The third kappa shape index (κ3) is 4.77.